The summed E-state index contributed by atoms with van der Waals surface area (Å²) in [4.78, 5) is 0. The van der Waals surface area contributed by atoms with Gasteiger partial charge in [-0.3, -0.25) is 0 Å². The fourth-order valence-electron chi connectivity index (χ4n) is 0. The van der Waals surface area contributed by atoms with E-state index >= 15 is 0 Å². The third-order valence-corrected chi connectivity index (χ3v) is 0.915. The van der Waals surface area contributed by atoms with Crippen molar-refractivity contribution in [3.63, 3.8) is 0 Å². The molecule has 4 nitrogen and oxygen atoms in total. The van der Waals surface area contributed by atoms with Crippen LogP contribution in [0.2, 0.25) is 0 Å². The third-order valence-electron chi connectivity index (χ3n) is 0.305. The van der Waals surface area contributed by atoms with Gasteiger partial charge in [-0.1, -0.05) is 0 Å². The summed E-state index contributed by atoms with van der Waals surface area (Å²) in [5.74, 6) is -1.19. The van der Waals surface area contributed by atoms with E-state index in [0.717, 1.165) is 0 Å². The van der Waals surface area contributed by atoms with Crippen LogP contribution in [0.5, 0.6) is 0 Å². The van der Waals surface area contributed by atoms with Crippen LogP contribution < -0.4 is 6.15 Å². The molecule has 0 aliphatic rings. The molecule has 44 valence electrons. The normalized spacial score (nSPS) is 11.7. The van der Waals surface area contributed by atoms with Crippen LogP contribution in [0.4, 0.5) is 0 Å². The fraction of sp³-hybridized carbons (Fsp3) is 1.00. The molecule has 5 heteroatoms. The number of rotatable bonds is 1. The van der Waals surface area contributed by atoms with Gasteiger partial charge in [-0.05, 0) is 6.92 Å². The topological polar surface area (TPSA) is 89.4 Å². The summed E-state index contributed by atoms with van der Waals surface area (Å²) in [5.41, 5.74) is 0. The van der Waals surface area contributed by atoms with Crippen LogP contribution in [0.3, 0.4) is 0 Å². The lowest BCUT2D eigenvalue weighted by molar-refractivity contribution is 0.264. The molecule has 0 aromatic rings. The largest absolute Gasteiger partial charge is 0.378 e. The molecular formula is C2H8NO3P. The van der Waals surface area contributed by atoms with Crippen molar-refractivity contribution in [1.29, 1.82) is 0 Å². The molecule has 0 bridgehead atoms. The van der Waals surface area contributed by atoms with E-state index < -0.39 is 13.5 Å². The first kappa shape index (κ1) is 9.94. The minimum atomic E-state index is -2.60. The Bertz CT molecular complexity index is 89.1. The molecular weight excluding hydrogens is 117 g/mol. The Morgan fingerprint density at radius 2 is 1.71 bits per heavy atom. The summed E-state index contributed by atoms with van der Waals surface area (Å²) in [7, 11) is -2.60. The standard InChI is InChI=1S/C2H5O3P.H3N/c1-2(3)6(4)5;/h2-3H,1H3;1H3. The molecule has 0 aromatic carbocycles. The highest BCUT2D eigenvalue weighted by Crippen LogP contribution is 2.07. The molecule has 0 radical (unpaired) electrons. The van der Waals surface area contributed by atoms with E-state index in [2.05, 4.69) is 0 Å². The zero-order chi connectivity index (χ0) is 5.15. The van der Waals surface area contributed by atoms with Crippen LogP contribution >= 0.6 is 7.68 Å². The molecule has 0 spiro atoms. The maximum Gasteiger partial charge on any atom is 0.344 e. The molecule has 0 saturated heterocycles. The molecule has 0 saturated carbocycles. The highest BCUT2D eigenvalue weighted by atomic mass is 31.1. The third kappa shape index (κ3) is 5.82. The molecule has 0 rings (SSSR count). The Hall–Kier alpha value is -0.180. The van der Waals surface area contributed by atoms with E-state index in [9.17, 15) is 9.13 Å². The van der Waals surface area contributed by atoms with Gasteiger partial charge < -0.3 is 11.3 Å². The minimum absolute atomic E-state index is 0. The van der Waals surface area contributed by atoms with E-state index in [4.69, 9.17) is 5.11 Å². The van der Waals surface area contributed by atoms with Crippen molar-refractivity contribution in [2.24, 2.45) is 0 Å². The monoisotopic (exact) mass is 125 g/mol. The summed E-state index contributed by atoms with van der Waals surface area (Å²) in [6.07, 6.45) is 0. The quantitative estimate of drug-likeness (QED) is 0.503. The summed E-state index contributed by atoms with van der Waals surface area (Å²) in [6, 6.07) is 0. The molecule has 0 aliphatic carbocycles. The van der Waals surface area contributed by atoms with Gasteiger partial charge >= 0.3 is 7.68 Å². The molecule has 0 fully saturated rings. The first-order valence-corrected chi connectivity index (χ1v) is 2.71. The SMILES string of the molecule is CC(O)P(=O)=O.N. The van der Waals surface area contributed by atoms with E-state index in [0.29, 0.717) is 0 Å². The summed E-state index contributed by atoms with van der Waals surface area (Å²) in [5, 5.41) is 8.03. The Balaban J connectivity index is 0. The lowest BCUT2D eigenvalue weighted by atomic mass is 10.9. The van der Waals surface area contributed by atoms with Gasteiger partial charge in [0.05, 0.1) is 0 Å². The van der Waals surface area contributed by atoms with Gasteiger partial charge in [-0.2, -0.15) is 0 Å². The van der Waals surface area contributed by atoms with Crippen molar-refractivity contribution in [1.82, 2.24) is 6.15 Å². The number of aliphatic hydroxyl groups excluding tert-OH is 1. The molecule has 4 N–H and O–H groups in total. The van der Waals surface area contributed by atoms with Crippen LogP contribution in [-0.4, -0.2) is 11.0 Å². The summed E-state index contributed by atoms with van der Waals surface area (Å²) in [6.45, 7) is 1.20. The highest BCUT2D eigenvalue weighted by molar-refractivity contribution is 7.31. The maximum absolute atomic E-state index is 9.49. The lowest BCUT2D eigenvalue weighted by Gasteiger charge is -1.79. The van der Waals surface area contributed by atoms with Crippen LogP contribution in [0.1, 0.15) is 6.92 Å². The number of aliphatic hydroxyl groups is 1. The molecule has 0 amide bonds. The van der Waals surface area contributed by atoms with Crippen LogP contribution in [-0.2, 0) is 9.13 Å². The average Bonchev–Trinajstić information content (AvgIpc) is 1.36. The molecule has 7 heavy (non-hydrogen) atoms. The lowest BCUT2D eigenvalue weighted by Crippen LogP contribution is -1.83. The predicted molar refractivity (Wildman–Crippen MR) is 25.0 cm³/mol. The Morgan fingerprint density at radius 1 is 1.57 bits per heavy atom. The van der Waals surface area contributed by atoms with Crippen molar-refractivity contribution < 1.29 is 14.2 Å². The van der Waals surface area contributed by atoms with Crippen molar-refractivity contribution in [2.75, 3.05) is 0 Å². The van der Waals surface area contributed by atoms with Crippen LogP contribution in [0, 0.1) is 0 Å². The van der Waals surface area contributed by atoms with Gasteiger partial charge in [0.2, 0.25) is 0 Å². The van der Waals surface area contributed by atoms with Crippen molar-refractivity contribution in [2.45, 2.75) is 12.8 Å². The fourth-order valence-corrected chi connectivity index (χ4v) is 0. The maximum atomic E-state index is 9.49. The van der Waals surface area contributed by atoms with E-state index in [1.54, 1.807) is 0 Å². The second-order valence-corrected chi connectivity index (χ2v) is 2.24. The predicted octanol–water partition coefficient (Wildman–Crippen LogP) is 0.660. The van der Waals surface area contributed by atoms with Gasteiger partial charge in [0.1, 0.15) is 0 Å². The van der Waals surface area contributed by atoms with Crippen LogP contribution in [0.15, 0.2) is 0 Å². The summed E-state index contributed by atoms with van der Waals surface area (Å²) >= 11 is 0. The first-order valence-electron chi connectivity index (χ1n) is 1.46. The smallest absolute Gasteiger partial charge is 0.344 e. The zero-order valence-corrected chi connectivity index (χ0v) is 4.89. The van der Waals surface area contributed by atoms with Crippen molar-refractivity contribution >= 4 is 7.68 Å². The Morgan fingerprint density at radius 3 is 1.71 bits per heavy atom. The second-order valence-electron chi connectivity index (χ2n) is 0.917. The van der Waals surface area contributed by atoms with Gasteiger partial charge in [-0.15, -0.1) is 0 Å². The highest BCUT2D eigenvalue weighted by Gasteiger charge is 1.96. The van der Waals surface area contributed by atoms with E-state index in [-0.39, 0.29) is 6.15 Å². The second kappa shape index (κ2) is 3.99. The first-order chi connectivity index (χ1) is 2.64. The summed E-state index contributed by atoms with van der Waals surface area (Å²) < 4.78 is 19.0. The van der Waals surface area contributed by atoms with E-state index in [1.807, 2.05) is 0 Å². The van der Waals surface area contributed by atoms with Crippen molar-refractivity contribution in [3.8, 4) is 0 Å². The molecule has 1 atom stereocenters. The van der Waals surface area contributed by atoms with E-state index in [1.165, 1.54) is 6.92 Å². The van der Waals surface area contributed by atoms with Gasteiger partial charge in [0.15, 0.2) is 5.85 Å². The zero-order valence-electron chi connectivity index (χ0n) is 4.00. The number of hydrogen-bond acceptors (Lipinski definition) is 4. The van der Waals surface area contributed by atoms with Crippen molar-refractivity contribution in [3.05, 3.63) is 0 Å². The van der Waals surface area contributed by atoms with Crippen LogP contribution in [0.25, 0.3) is 0 Å². The molecule has 0 aliphatic heterocycles. The molecule has 0 heterocycles. The molecule has 0 aromatic heterocycles. The van der Waals surface area contributed by atoms with Gasteiger partial charge in [0.25, 0.3) is 0 Å². The number of hydrogen-bond donors (Lipinski definition) is 2. The Kier molecular flexibility index (Phi) is 5.67. The Labute approximate surface area is 41.9 Å². The minimum Gasteiger partial charge on any atom is -0.378 e. The van der Waals surface area contributed by atoms with Gasteiger partial charge in [0, 0.05) is 0 Å². The van der Waals surface area contributed by atoms with Gasteiger partial charge in [-0.25, -0.2) is 9.13 Å². The molecule has 1 unspecified atom stereocenters. The average molecular weight is 125 g/mol.